The molecule has 17 heavy (non-hydrogen) atoms. The molecule has 0 fully saturated rings. The molecule has 0 aromatic heterocycles. The standard InChI is InChI=1S/C13H14O3S/c14-13(15)11-7-4-8-12(11)17(16)9-10-5-2-1-3-6-10/h1-3,5-6H,4,7-9H2,(H,14,15). The van der Waals surface area contributed by atoms with Gasteiger partial charge in [-0.25, -0.2) is 4.79 Å². The lowest BCUT2D eigenvalue weighted by Gasteiger charge is -2.04. The van der Waals surface area contributed by atoms with Gasteiger partial charge in [-0.15, -0.1) is 0 Å². The zero-order valence-corrected chi connectivity index (χ0v) is 10.2. The summed E-state index contributed by atoms with van der Waals surface area (Å²) in [7, 11) is -1.20. The van der Waals surface area contributed by atoms with Gasteiger partial charge in [0.25, 0.3) is 0 Å². The molecule has 0 saturated carbocycles. The van der Waals surface area contributed by atoms with Crippen molar-refractivity contribution in [3.05, 3.63) is 46.4 Å². The van der Waals surface area contributed by atoms with E-state index in [-0.39, 0.29) is 0 Å². The van der Waals surface area contributed by atoms with Crippen molar-refractivity contribution in [3.63, 3.8) is 0 Å². The molecule has 1 unspecified atom stereocenters. The van der Waals surface area contributed by atoms with Gasteiger partial charge >= 0.3 is 5.97 Å². The van der Waals surface area contributed by atoms with Gasteiger partial charge in [0.15, 0.2) is 0 Å². The second kappa shape index (κ2) is 5.27. The van der Waals surface area contributed by atoms with Crippen LogP contribution in [0, 0.1) is 0 Å². The fourth-order valence-electron chi connectivity index (χ4n) is 2.01. The maximum atomic E-state index is 12.1. The number of hydrogen-bond donors (Lipinski definition) is 1. The number of hydrogen-bond acceptors (Lipinski definition) is 2. The van der Waals surface area contributed by atoms with Crippen LogP contribution in [-0.4, -0.2) is 15.3 Å². The highest BCUT2D eigenvalue weighted by molar-refractivity contribution is 7.88. The molecule has 0 bridgehead atoms. The molecule has 0 saturated heterocycles. The van der Waals surface area contributed by atoms with Gasteiger partial charge < -0.3 is 5.11 Å². The molecule has 0 aliphatic heterocycles. The van der Waals surface area contributed by atoms with Gasteiger partial charge in [0.1, 0.15) is 0 Å². The average molecular weight is 250 g/mol. The van der Waals surface area contributed by atoms with Gasteiger partial charge in [-0.2, -0.15) is 0 Å². The van der Waals surface area contributed by atoms with Crippen LogP contribution in [0.1, 0.15) is 24.8 Å². The van der Waals surface area contributed by atoms with Crippen LogP contribution < -0.4 is 0 Å². The van der Waals surface area contributed by atoms with Crippen molar-refractivity contribution in [2.75, 3.05) is 0 Å². The average Bonchev–Trinajstić information content (AvgIpc) is 2.79. The highest BCUT2D eigenvalue weighted by Crippen LogP contribution is 2.29. The summed E-state index contributed by atoms with van der Waals surface area (Å²) in [5.74, 6) is -0.508. The van der Waals surface area contributed by atoms with Gasteiger partial charge in [-0.3, -0.25) is 4.21 Å². The Hall–Kier alpha value is -1.42. The van der Waals surface area contributed by atoms with E-state index in [1.165, 1.54) is 0 Å². The summed E-state index contributed by atoms with van der Waals surface area (Å²) in [6.45, 7) is 0. The Morgan fingerprint density at radius 3 is 2.59 bits per heavy atom. The largest absolute Gasteiger partial charge is 0.478 e. The van der Waals surface area contributed by atoms with E-state index in [0.29, 0.717) is 29.1 Å². The molecular formula is C13H14O3S. The second-order valence-corrected chi connectivity index (χ2v) is 5.51. The molecule has 0 spiro atoms. The fraction of sp³-hybridized carbons (Fsp3) is 0.308. The summed E-state index contributed by atoms with van der Waals surface area (Å²) in [6.07, 6.45) is 2.00. The first kappa shape index (κ1) is 12.0. The lowest BCUT2D eigenvalue weighted by Crippen LogP contribution is -2.05. The molecule has 1 atom stereocenters. The first-order chi connectivity index (χ1) is 8.18. The third kappa shape index (κ3) is 2.82. The molecule has 1 N–H and O–H groups in total. The van der Waals surface area contributed by atoms with Gasteiger partial charge in [0.2, 0.25) is 0 Å². The smallest absolute Gasteiger partial charge is 0.332 e. The predicted molar refractivity (Wildman–Crippen MR) is 66.8 cm³/mol. The molecular weight excluding hydrogens is 236 g/mol. The Bertz CT molecular complexity index is 477. The van der Waals surface area contributed by atoms with E-state index in [4.69, 9.17) is 5.11 Å². The predicted octanol–water partition coefficient (Wildman–Crippen LogP) is 2.46. The summed E-state index contributed by atoms with van der Waals surface area (Å²) in [5, 5.41) is 9.01. The van der Waals surface area contributed by atoms with Crippen molar-refractivity contribution in [1.82, 2.24) is 0 Å². The second-order valence-electron chi connectivity index (χ2n) is 4.04. The number of carboxylic acids is 1. The Labute approximate surface area is 103 Å². The van der Waals surface area contributed by atoms with E-state index in [0.717, 1.165) is 12.0 Å². The Kier molecular flexibility index (Phi) is 3.74. The number of benzene rings is 1. The van der Waals surface area contributed by atoms with Crippen molar-refractivity contribution in [3.8, 4) is 0 Å². The molecule has 1 aromatic rings. The van der Waals surface area contributed by atoms with Crippen LogP contribution >= 0.6 is 0 Å². The summed E-state index contributed by atoms with van der Waals surface area (Å²) in [5.41, 5.74) is 1.34. The Morgan fingerprint density at radius 2 is 1.94 bits per heavy atom. The van der Waals surface area contributed by atoms with E-state index in [9.17, 15) is 9.00 Å². The van der Waals surface area contributed by atoms with Crippen molar-refractivity contribution in [2.24, 2.45) is 0 Å². The number of carbonyl (C=O) groups is 1. The lowest BCUT2D eigenvalue weighted by atomic mass is 10.2. The van der Waals surface area contributed by atoms with E-state index in [1.54, 1.807) is 0 Å². The van der Waals surface area contributed by atoms with Crippen LogP contribution in [0.2, 0.25) is 0 Å². The molecule has 4 heteroatoms. The van der Waals surface area contributed by atoms with Gasteiger partial charge in [-0.1, -0.05) is 30.3 Å². The van der Waals surface area contributed by atoms with Crippen LogP contribution in [0.15, 0.2) is 40.8 Å². The van der Waals surface area contributed by atoms with Crippen LogP contribution in [0.3, 0.4) is 0 Å². The molecule has 1 aliphatic carbocycles. The fourth-order valence-corrected chi connectivity index (χ4v) is 3.51. The molecule has 0 amide bonds. The highest BCUT2D eigenvalue weighted by atomic mass is 32.2. The monoisotopic (exact) mass is 250 g/mol. The molecule has 1 aromatic carbocycles. The van der Waals surface area contributed by atoms with Crippen molar-refractivity contribution in [1.29, 1.82) is 0 Å². The molecule has 2 rings (SSSR count). The zero-order chi connectivity index (χ0) is 12.3. The van der Waals surface area contributed by atoms with Crippen LogP contribution in [0.4, 0.5) is 0 Å². The molecule has 90 valence electrons. The van der Waals surface area contributed by atoms with Crippen molar-refractivity contribution < 1.29 is 14.1 Å². The molecule has 0 heterocycles. The van der Waals surface area contributed by atoms with Crippen molar-refractivity contribution >= 4 is 16.8 Å². The van der Waals surface area contributed by atoms with Crippen LogP contribution in [0.25, 0.3) is 0 Å². The Balaban J connectivity index is 2.16. The molecule has 1 aliphatic rings. The first-order valence-electron chi connectivity index (χ1n) is 5.56. The maximum Gasteiger partial charge on any atom is 0.332 e. The Morgan fingerprint density at radius 1 is 1.24 bits per heavy atom. The van der Waals surface area contributed by atoms with Gasteiger partial charge in [0, 0.05) is 10.5 Å². The first-order valence-corrected chi connectivity index (χ1v) is 6.88. The summed E-state index contributed by atoms with van der Waals surface area (Å²) < 4.78 is 12.1. The summed E-state index contributed by atoms with van der Waals surface area (Å²) in [4.78, 5) is 11.6. The normalized spacial score (nSPS) is 17.2. The van der Waals surface area contributed by atoms with E-state index in [1.807, 2.05) is 30.3 Å². The number of rotatable bonds is 4. The van der Waals surface area contributed by atoms with E-state index < -0.39 is 16.8 Å². The summed E-state index contributed by atoms with van der Waals surface area (Å²) >= 11 is 0. The van der Waals surface area contributed by atoms with E-state index >= 15 is 0 Å². The molecule has 3 nitrogen and oxygen atoms in total. The SMILES string of the molecule is O=C(O)C1=C(S(=O)Cc2ccccc2)CCC1. The van der Waals surface area contributed by atoms with Crippen LogP contribution in [-0.2, 0) is 21.3 Å². The minimum Gasteiger partial charge on any atom is -0.478 e. The van der Waals surface area contributed by atoms with Crippen molar-refractivity contribution in [2.45, 2.75) is 25.0 Å². The third-order valence-electron chi connectivity index (χ3n) is 2.84. The minimum absolute atomic E-state index is 0.360. The number of carboxylic acid groups (broad SMARTS) is 1. The maximum absolute atomic E-state index is 12.1. The van der Waals surface area contributed by atoms with E-state index in [2.05, 4.69) is 0 Å². The third-order valence-corrected chi connectivity index (χ3v) is 4.44. The zero-order valence-electron chi connectivity index (χ0n) is 9.39. The lowest BCUT2D eigenvalue weighted by molar-refractivity contribution is -0.132. The quantitative estimate of drug-likeness (QED) is 0.893. The van der Waals surface area contributed by atoms with Gasteiger partial charge in [0.05, 0.1) is 16.6 Å². The number of allylic oxidation sites excluding steroid dienone is 1. The highest BCUT2D eigenvalue weighted by Gasteiger charge is 2.24. The molecule has 0 radical (unpaired) electrons. The number of aliphatic carboxylic acids is 1. The topological polar surface area (TPSA) is 54.4 Å². The summed E-state index contributed by atoms with van der Waals surface area (Å²) in [6, 6.07) is 9.52. The van der Waals surface area contributed by atoms with Crippen LogP contribution in [0.5, 0.6) is 0 Å². The minimum atomic E-state index is -1.20. The van der Waals surface area contributed by atoms with Gasteiger partial charge in [-0.05, 0) is 24.8 Å².